The molecule has 1 aromatic heterocycles. The van der Waals surface area contributed by atoms with Gasteiger partial charge in [0, 0.05) is 45.0 Å². The number of carbonyl (C=O) groups is 1. The van der Waals surface area contributed by atoms with Gasteiger partial charge in [0.2, 0.25) is 15.9 Å². The summed E-state index contributed by atoms with van der Waals surface area (Å²) in [4.78, 5) is 14.6. The molecule has 8 nitrogen and oxygen atoms in total. The summed E-state index contributed by atoms with van der Waals surface area (Å²) in [6.45, 7) is 1.38. The third-order valence-corrected chi connectivity index (χ3v) is 6.58. The first-order chi connectivity index (χ1) is 12.9. The van der Waals surface area contributed by atoms with Gasteiger partial charge in [-0.3, -0.25) is 9.48 Å². The van der Waals surface area contributed by atoms with Gasteiger partial charge in [-0.25, -0.2) is 8.42 Å². The Kier molecular flexibility index (Phi) is 5.93. The van der Waals surface area contributed by atoms with Crippen LogP contribution >= 0.6 is 0 Å². The summed E-state index contributed by atoms with van der Waals surface area (Å²) >= 11 is 0. The molecule has 9 heteroatoms. The van der Waals surface area contributed by atoms with Crippen LogP contribution in [0.5, 0.6) is 0 Å². The highest BCUT2D eigenvalue weighted by Crippen LogP contribution is 2.18. The second kappa shape index (κ2) is 8.20. The molecule has 27 heavy (non-hydrogen) atoms. The number of sulfonamides is 1. The first-order valence-electron chi connectivity index (χ1n) is 8.87. The van der Waals surface area contributed by atoms with Crippen molar-refractivity contribution in [1.82, 2.24) is 24.3 Å². The molecule has 2 aromatic rings. The van der Waals surface area contributed by atoms with Crippen molar-refractivity contribution in [2.75, 3.05) is 33.2 Å². The van der Waals surface area contributed by atoms with Crippen LogP contribution in [0.25, 0.3) is 0 Å². The maximum atomic E-state index is 12.8. The molecule has 0 saturated carbocycles. The van der Waals surface area contributed by atoms with Gasteiger partial charge in [-0.1, -0.05) is 30.3 Å². The van der Waals surface area contributed by atoms with Crippen molar-refractivity contribution < 1.29 is 13.2 Å². The first kappa shape index (κ1) is 19.5. The molecule has 0 spiro atoms. The minimum Gasteiger partial charge on any atom is -0.338 e. The molecule has 1 saturated heterocycles. The minimum absolute atomic E-state index is 0.0173. The molecule has 1 aliphatic rings. The molecular formula is C18H25N5O3S. The zero-order valence-corrected chi connectivity index (χ0v) is 16.4. The number of hydrogen-bond acceptors (Lipinski definition) is 5. The molecule has 1 aromatic carbocycles. The number of piperazine rings is 1. The van der Waals surface area contributed by atoms with Gasteiger partial charge in [0.15, 0.2) is 0 Å². The number of aromatic nitrogens is 2. The van der Waals surface area contributed by atoms with Gasteiger partial charge >= 0.3 is 0 Å². The van der Waals surface area contributed by atoms with Crippen LogP contribution in [0.3, 0.4) is 0 Å². The molecule has 1 amide bonds. The zero-order valence-electron chi connectivity index (χ0n) is 15.6. The van der Waals surface area contributed by atoms with Gasteiger partial charge in [0.25, 0.3) is 0 Å². The fraction of sp³-hybridized carbons (Fsp3) is 0.444. The highest BCUT2D eigenvalue weighted by molar-refractivity contribution is 7.88. The van der Waals surface area contributed by atoms with Crippen molar-refractivity contribution in [2.24, 2.45) is 7.05 Å². The lowest BCUT2D eigenvalue weighted by Gasteiger charge is -2.35. The van der Waals surface area contributed by atoms with E-state index in [9.17, 15) is 13.2 Å². The van der Waals surface area contributed by atoms with E-state index in [-0.39, 0.29) is 11.7 Å². The summed E-state index contributed by atoms with van der Waals surface area (Å²) in [7, 11) is 0.141. The Bertz CT molecular complexity index is 873. The summed E-state index contributed by atoms with van der Waals surface area (Å²) in [6.07, 6.45) is 3.47. The van der Waals surface area contributed by atoms with Gasteiger partial charge < -0.3 is 10.2 Å². The van der Waals surface area contributed by atoms with E-state index in [0.29, 0.717) is 26.2 Å². The predicted molar refractivity (Wildman–Crippen MR) is 102 cm³/mol. The van der Waals surface area contributed by atoms with Gasteiger partial charge in [0.1, 0.15) is 6.04 Å². The largest absolute Gasteiger partial charge is 0.338 e. The van der Waals surface area contributed by atoms with Gasteiger partial charge in [-0.15, -0.1) is 0 Å². The van der Waals surface area contributed by atoms with Crippen molar-refractivity contribution in [3.05, 3.63) is 53.9 Å². The van der Waals surface area contributed by atoms with E-state index < -0.39 is 16.1 Å². The lowest BCUT2D eigenvalue weighted by atomic mass is 10.1. The molecule has 1 aliphatic heterocycles. The molecule has 1 N–H and O–H groups in total. The van der Waals surface area contributed by atoms with Crippen LogP contribution in [-0.4, -0.2) is 66.5 Å². The fourth-order valence-corrected chi connectivity index (χ4v) is 4.78. The lowest BCUT2D eigenvalue weighted by Crippen LogP contribution is -2.52. The van der Waals surface area contributed by atoms with Crippen LogP contribution in [0, 0.1) is 0 Å². The quantitative estimate of drug-likeness (QED) is 0.768. The van der Waals surface area contributed by atoms with E-state index in [4.69, 9.17) is 0 Å². The summed E-state index contributed by atoms with van der Waals surface area (Å²) in [5, 5.41) is 7.14. The highest BCUT2D eigenvalue weighted by Gasteiger charge is 2.32. The smallest absolute Gasteiger partial charge is 0.244 e. The molecular weight excluding hydrogens is 366 g/mol. The number of likely N-dealkylation sites (N-methyl/N-ethyl adjacent to an activating group) is 1. The number of nitrogens with zero attached hydrogens (tertiary/aromatic N) is 4. The van der Waals surface area contributed by atoms with Gasteiger partial charge in [0.05, 0.1) is 11.9 Å². The standard InChI is InChI=1S/C18H25N5O3S/c1-19-17(16-12-20-21(2)13-16)18(24)22-8-10-23(11-9-22)27(25,26)14-15-6-4-3-5-7-15/h3-7,12-13,17,19H,8-11,14H2,1-2H3. The molecule has 3 rings (SSSR count). The normalized spacial score (nSPS) is 17.0. The summed E-state index contributed by atoms with van der Waals surface area (Å²) < 4.78 is 28.4. The fourth-order valence-electron chi connectivity index (χ4n) is 3.27. The Hall–Kier alpha value is -2.23. The third kappa shape index (κ3) is 4.55. The van der Waals surface area contributed by atoms with Crippen molar-refractivity contribution >= 4 is 15.9 Å². The molecule has 146 valence electrons. The Labute approximate surface area is 159 Å². The average molecular weight is 391 g/mol. The number of aryl methyl sites for hydroxylation is 1. The van der Waals surface area contributed by atoms with E-state index in [1.165, 1.54) is 4.31 Å². The summed E-state index contributed by atoms with van der Waals surface area (Å²) in [5.41, 5.74) is 1.56. The molecule has 1 fully saturated rings. The van der Waals surface area contributed by atoms with Gasteiger partial charge in [-0.05, 0) is 12.6 Å². The first-order valence-corrected chi connectivity index (χ1v) is 10.5. The minimum atomic E-state index is -3.39. The topological polar surface area (TPSA) is 87.5 Å². The number of nitrogens with one attached hydrogen (secondary N) is 1. The lowest BCUT2D eigenvalue weighted by molar-refractivity contribution is -0.134. The highest BCUT2D eigenvalue weighted by atomic mass is 32.2. The van der Waals surface area contributed by atoms with E-state index in [0.717, 1.165) is 11.1 Å². The van der Waals surface area contributed by atoms with Crippen LogP contribution in [0.15, 0.2) is 42.7 Å². The molecule has 1 atom stereocenters. The number of benzene rings is 1. The van der Waals surface area contributed by atoms with E-state index in [1.54, 1.807) is 36.1 Å². The van der Waals surface area contributed by atoms with Crippen LogP contribution in [0.4, 0.5) is 0 Å². The Morgan fingerprint density at radius 3 is 2.41 bits per heavy atom. The maximum absolute atomic E-state index is 12.8. The number of hydrogen-bond donors (Lipinski definition) is 1. The Morgan fingerprint density at radius 2 is 1.85 bits per heavy atom. The second-order valence-electron chi connectivity index (χ2n) is 6.64. The number of amides is 1. The summed E-state index contributed by atoms with van der Waals surface area (Å²) in [6, 6.07) is 8.66. The van der Waals surface area contributed by atoms with Crippen molar-refractivity contribution in [2.45, 2.75) is 11.8 Å². The Morgan fingerprint density at radius 1 is 1.19 bits per heavy atom. The molecule has 1 unspecified atom stereocenters. The Balaban J connectivity index is 1.61. The second-order valence-corrected chi connectivity index (χ2v) is 8.60. The predicted octanol–water partition coefficient (Wildman–Crippen LogP) is 0.355. The zero-order chi connectivity index (χ0) is 19.4. The molecule has 2 heterocycles. The SMILES string of the molecule is CNC(C(=O)N1CCN(S(=O)(=O)Cc2ccccc2)CC1)c1cnn(C)c1. The van der Waals surface area contributed by atoms with E-state index >= 15 is 0 Å². The molecule has 0 aliphatic carbocycles. The monoisotopic (exact) mass is 391 g/mol. The molecule has 0 radical (unpaired) electrons. The van der Waals surface area contributed by atoms with Crippen LogP contribution in [0.2, 0.25) is 0 Å². The van der Waals surface area contributed by atoms with Crippen molar-refractivity contribution in [3.8, 4) is 0 Å². The average Bonchev–Trinajstić information content (AvgIpc) is 3.09. The third-order valence-electron chi connectivity index (χ3n) is 4.73. The van der Waals surface area contributed by atoms with Crippen LogP contribution in [0.1, 0.15) is 17.2 Å². The molecule has 0 bridgehead atoms. The number of carbonyl (C=O) groups excluding carboxylic acids is 1. The van der Waals surface area contributed by atoms with Crippen LogP contribution in [-0.2, 0) is 27.6 Å². The van der Waals surface area contributed by atoms with E-state index in [1.807, 2.05) is 30.3 Å². The van der Waals surface area contributed by atoms with Crippen molar-refractivity contribution in [1.29, 1.82) is 0 Å². The van der Waals surface area contributed by atoms with Crippen LogP contribution < -0.4 is 5.32 Å². The summed E-state index contributed by atoms with van der Waals surface area (Å²) in [5.74, 6) is -0.0815. The maximum Gasteiger partial charge on any atom is 0.244 e. The van der Waals surface area contributed by atoms with E-state index in [2.05, 4.69) is 10.4 Å². The number of rotatable bonds is 6. The van der Waals surface area contributed by atoms with Gasteiger partial charge in [-0.2, -0.15) is 9.40 Å². The van der Waals surface area contributed by atoms with Crippen molar-refractivity contribution in [3.63, 3.8) is 0 Å².